The summed E-state index contributed by atoms with van der Waals surface area (Å²) in [6, 6.07) is 0. The second kappa shape index (κ2) is 3.26. The van der Waals surface area contributed by atoms with E-state index in [2.05, 4.69) is 0 Å². The van der Waals surface area contributed by atoms with Crippen LogP contribution in [0.2, 0.25) is 0 Å². The van der Waals surface area contributed by atoms with Crippen molar-refractivity contribution >= 4 is 39.1 Å². The third kappa shape index (κ3) is 1.72. The summed E-state index contributed by atoms with van der Waals surface area (Å²) < 4.78 is 0. The summed E-state index contributed by atoms with van der Waals surface area (Å²) in [6.07, 6.45) is 0.296. The molecule has 1 rings (SSSR count). The molecule has 0 aromatic rings. The van der Waals surface area contributed by atoms with Gasteiger partial charge in [-0.25, -0.2) is 0 Å². The molecule has 1 N–H and O–H groups in total. The average molecular weight is 319 g/mol. The van der Waals surface area contributed by atoms with Crippen LogP contribution in [0.1, 0.15) is 12.8 Å². The van der Waals surface area contributed by atoms with Crippen LogP contribution in [0.15, 0.2) is 0 Å². The second-order valence-corrected chi connectivity index (χ2v) is 1.60. The molecule has 0 saturated carbocycles. The predicted molar refractivity (Wildman–Crippen MR) is 28.6 cm³/mol. The van der Waals surface area contributed by atoms with Gasteiger partial charge in [0.15, 0.2) is 0 Å². The SMILES string of the molecule is O=C1CCC(=O)N1O.[Tl]. The van der Waals surface area contributed by atoms with E-state index in [-0.39, 0.29) is 45.2 Å². The standard InChI is InChI=1S/C4H5NO3.Tl/c6-3-1-2-4(7)5(3)8;/h8H,1-2H2;. The minimum Gasteiger partial charge on any atom is -0.279 e. The maximum Gasteiger partial charge on any atom is 0.253 e. The van der Waals surface area contributed by atoms with Crippen molar-refractivity contribution in [3.8, 4) is 0 Å². The predicted octanol–water partition coefficient (Wildman–Crippen LogP) is -0.856. The molecule has 0 aromatic heterocycles. The smallest absolute Gasteiger partial charge is 0.253 e. The van der Waals surface area contributed by atoms with Gasteiger partial charge in [0.25, 0.3) is 11.8 Å². The van der Waals surface area contributed by atoms with E-state index < -0.39 is 11.8 Å². The molecule has 1 heterocycles. The largest absolute Gasteiger partial charge is 0.279 e. The Hall–Kier alpha value is 0.0221. The number of hydrogen-bond acceptors (Lipinski definition) is 3. The maximum absolute atomic E-state index is 10.2. The van der Waals surface area contributed by atoms with Gasteiger partial charge in [-0.15, -0.1) is 0 Å². The maximum atomic E-state index is 10.2. The third-order valence-electron chi connectivity index (χ3n) is 1.03. The Bertz CT molecular complexity index is 131. The number of hydrogen-bond donors (Lipinski definition) is 1. The Kier molecular flexibility index (Phi) is 3.26. The average Bonchev–Trinajstić information content (AvgIpc) is 1.98. The van der Waals surface area contributed by atoms with Crippen molar-refractivity contribution in [2.45, 2.75) is 12.8 Å². The molecule has 1 aliphatic heterocycles. The fourth-order valence-corrected chi connectivity index (χ4v) is 0.565. The van der Waals surface area contributed by atoms with Gasteiger partial charge in [0, 0.05) is 40.1 Å². The summed E-state index contributed by atoms with van der Waals surface area (Å²) in [5.74, 6) is -1.01. The summed E-state index contributed by atoms with van der Waals surface area (Å²) >= 11 is 0. The van der Waals surface area contributed by atoms with Gasteiger partial charge in [-0.1, -0.05) is 0 Å². The van der Waals surface area contributed by atoms with Crippen LogP contribution >= 0.6 is 0 Å². The van der Waals surface area contributed by atoms with Gasteiger partial charge < -0.3 is 0 Å². The molecule has 0 unspecified atom stereocenters. The Morgan fingerprint density at radius 2 is 1.56 bits per heavy atom. The molecular formula is C4H5NO3Tl. The van der Waals surface area contributed by atoms with E-state index in [1.165, 1.54) is 0 Å². The number of imide groups is 1. The van der Waals surface area contributed by atoms with Gasteiger partial charge in [-0.3, -0.25) is 14.8 Å². The van der Waals surface area contributed by atoms with Crippen LogP contribution in [-0.4, -0.2) is 49.4 Å². The molecule has 1 aliphatic rings. The molecule has 9 heavy (non-hydrogen) atoms. The minimum atomic E-state index is -0.505. The fourth-order valence-electron chi connectivity index (χ4n) is 0.565. The van der Waals surface area contributed by atoms with E-state index in [1.807, 2.05) is 0 Å². The van der Waals surface area contributed by atoms with Gasteiger partial charge in [0.2, 0.25) is 0 Å². The third-order valence-corrected chi connectivity index (χ3v) is 1.03. The van der Waals surface area contributed by atoms with Crippen molar-refractivity contribution in [1.82, 2.24) is 5.06 Å². The molecule has 47 valence electrons. The van der Waals surface area contributed by atoms with E-state index in [0.29, 0.717) is 0 Å². The van der Waals surface area contributed by atoms with Crippen LogP contribution in [0.5, 0.6) is 0 Å². The Morgan fingerprint density at radius 3 is 1.67 bits per heavy atom. The Labute approximate surface area is 71.9 Å². The number of amides is 2. The van der Waals surface area contributed by atoms with Crippen molar-refractivity contribution in [2.24, 2.45) is 0 Å². The number of rotatable bonds is 0. The molecular weight excluding hydrogens is 314 g/mol. The van der Waals surface area contributed by atoms with Crippen molar-refractivity contribution in [3.05, 3.63) is 0 Å². The van der Waals surface area contributed by atoms with Crippen LogP contribution in [0.25, 0.3) is 0 Å². The summed E-state index contributed by atoms with van der Waals surface area (Å²) in [5.41, 5.74) is 0. The van der Waals surface area contributed by atoms with Gasteiger partial charge in [0.1, 0.15) is 0 Å². The van der Waals surface area contributed by atoms with Gasteiger partial charge >= 0.3 is 0 Å². The zero-order valence-corrected chi connectivity index (χ0v) is 9.19. The van der Waals surface area contributed by atoms with Crippen LogP contribution in [0.4, 0.5) is 0 Å². The molecule has 2 amide bonds. The molecule has 0 aromatic carbocycles. The van der Waals surface area contributed by atoms with Crippen molar-refractivity contribution in [1.29, 1.82) is 0 Å². The van der Waals surface area contributed by atoms with E-state index in [1.54, 1.807) is 0 Å². The van der Waals surface area contributed by atoms with Gasteiger partial charge in [-0.05, 0) is 0 Å². The monoisotopic (exact) mass is 320 g/mol. The minimum absolute atomic E-state index is 0. The number of carbonyl (C=O) groups excluding carboxylic acids is 2. The molecule has 1 radical (unpaired) electrons. The molecule has 0 aliphatic carbocycles. The first-order valence-electron chi connectivity index (χ1n) is 2.26. The zero-order chi connectivity index (χ0) is 6.15. The normalized spacial score (nSPS) is 18.1. The summed E-state index contributed by atoms with van der Waals surface area (Å²) in [6.45, 7) is 0. The van der Waals surface area contributed by atoms with E-state index in [9.17, 15) is 9.59 Å². The molecule has 0 spiro atoms. The fraction of sp³-hybridized carbons (Fsp3) is 0.500. The first-order valence-corrected chi connectivity index (χ1v) is 2.26. The summed E-state index contributed by atoms with van der Waals surface area (Å²) in [4.78, 5) is 20.5. The van der Waals surface area contributed by atoms with E-state index in [0.717, 1.165) is 0 Å². The summed E-state index contributed by atoms with van der Waals surface area (Å²) in [7, 11) is 0. The zero-order valence-electron chi connectivity index (χ0n) is 4.70. The van der Waals surface area contributed by atoms with Crippen LogP contribution in [0, 0.1) is 0 Å². The summed E-state index contributed by atoms with van der Waals surface area (Å²) in [5, 5.41) is 8.57. The van der Waals surface area contributed by atoms with Crippen LogP contribution in [-0.2, 0) is 9.59 Å². The molecule has 0 bridgehead atoms. The molecule has 1 fully saturated rings. The second-order valence-electron chi connectivity index (χ2n) is 1.60. The Morgan fingerprint density at radius 1 is 1.22 bits per heavy atom. The van der Waals surface area contributed by atoms with E-state index in [4.69, 9.17) is 5.21 Å². The van der Waals surface area contributed by atoms with E-state index >= 15 is 0 Å². The van der Waals surface area contributed by atoms with Gasteiger partial charge in [0.05, 0.1) is 0 Å². The van der Waals surface area contributed by atoms with Crippen molar-refractivity contribution < 1.29 is 14.8 Å². The van der Waals surface area contributed by atoms with Crippen LogP contribution in [0.3, 0.4) is 0 Å². The number of carbonyl (C=O) groups is 2. The molecule has 1 saturated heterocycles. The first kappa shape index (κ1) is 9.02. The molecule has 5 heteroatoms. The number of nitrogens with zero attached hydrogens (tertiary/aromatic N) is 1. The van der Waals surface area contributed by atoms with Crippen LogP contribution < -0.4 is 0 Å². The first-order chi connectivity index (χ1) is 3.72. The topological polar surface area (TPSA) is 57.6 Å². The van der Waals surface area contributed by atoms with Gasteiger partial charge in [-0.2, -0.15) is 5.06 Å². The Balaban J connectivity index is 0.000000640. The quantitative estimate of drug-likeness (QED) is 0.359. The molecule has 4 nitrogen and oxygen atoms in total. The van der Waals surface area contributed by atoms with Crippen molar-refractivity contribution in [2.75, 3.05) is 0 Å². The number of hydroxylamine groups is 2. The molecule has 0 atom stereocenters. The van der Waals surface area contributed by atoms with Crippen molar-refractivity contribution in [3.63, 3.8) is 0 Å².